The highest BCUT2D eigenvalue weighted by Gasteiger charge is 2.24. The van der Waals surface area contributed by atoms with Crippen molar-refractivity contribution in [2.45, 2.75) is 32.2 Å². The number of anilines is 1. The van der Waals surface area contributed by atoms with Gasteiger partial charge in [0.05, 0.1) is 11.9 Å². The summed E-state index contributed by atoms with van der Waals surface area (Å²) in [5.74, 6) is 0.603. The molecule has 0 aliphatic heterocycles. The maximum Gasteiger partial charge on any atom is 0.247 e. The van der Waals surface area contributed by atoms with Gasteiger partial charge in [0.1, 0.15) is 6.04 Å². The Morgan fingerprint density at radius 3 is 3.05 bits per heavy atom. The molecule has 1 aliphatic rings. The van der Waals surface area contributed by atoms with Gasteiger partial charge in [-0.15, -0.1) is 11.3 Å². The van der Waals surface area contributed by atoms with E-state index in [4.69, 9.17) is 0 Å². The zero-order chi connectivity index (χ0) is 15.7. The minimum Gasteiger partial charge on any atom is -0.305 e. The Balaban J connectivity index is 1.73. The third-order valence-electron chi connectivity index (χ3n) is 4.03. The van der Waals surface area contributed by atoms with Gasteiger partial charge in [-0.2, -0.15) is 5.10 Å². The Morgan fingerprint density at radius 1 is 1.55 bits per heavy atom. The summed E-state index contributed by atoms with van der Waals surface area (Å²) in [7, 11) is 3.61. The first-order chi connectivity index (χ1) is 10.6. The number of aromatic nitrogens is 3. The molecule has 3 rings (SSSR count). The van der Waals surface area contributed by atoms with Crippen LogP contribution >= 0.6 is 11.3 Å². The summed E-state index contributed by atoms with van der Waals surface area (Å²) in [5.41, 5.74) is 2.00. The second-order valence-electron chi connectivity index (χ2n) is 5.90. The van der Waals surface area contributed by atoms with Gasteiger partial charge in [-0.05, 0) is 32.2 Å². The largest absolute Gasteiger partial charge is 0.305 e. The fourth-order valence-electron chi connectivity index (χ4n) is 2.81. The molecule has 118 valence electrons. The molecule has 0 saturated carbocycles. The number of aryl methyl sites for hydroxylation is 2. The summed E-state index contributed by atoms with van der Waals surface area (Å²) in [6, 6.07) is -0.423. The van der Waals surface area contributed by atoms with Crippen LogP contribution in [0.25, 0.3) is 0 Å². The number of amides is 1. The van der Waals surface area contributed by atoms with Crippen molar-refractivity contribution < 1.29 is 4.79 Å². The van der Waals surface area contributed by atoms with Crippen molar-refractivity contribution in [3.8, 4) is 0 Å². The molecule has 6 nitrogen and oxygen atoms in total. The molecule has 1 aliphatic carbocycles. The average molecular weight is 319 g/mol. The van der Waals surface area contributed by atoms with Crippen LogP contribution in [-0.4, -0.2) is 27.7 Å². The van der Waals surface area contributed by atoms with Gasteiger partial charge in [0, 0.05) is 23.7 Å². The number of nitrogens with one attached hydrogen (secondary N) is 2. The number of hydrogen-bond donors (Lipinski definition) is 2. The van der Waals surface area contributed by atoms with Gasteiger partial charge in [0.15, 0.2) is 5.13 Å². The average Bonchev–Trinajstić information content (AvgIpc) is 3.05. The Labute approximate surface area is 133 Å². The van der Waals surface area contributed by atoms with Crippen molar-refractivity contribution in [2.24, 2.45) is 13.0 Å². The zero-order valence-corrected chi connectivity index (χ0v) is 13.9. The minimum atomic E-state index is -0.423. The molecule has 0 saturated heterocycles. The highest BCUT2D eigenvalue weighted by molar-refractivity contribution is 7.15. The number of nitrogens with zero attached hydrogens (tertiary/aromatic N) is 3. The Bertz CT molecular complexity index is 677. The summed E-state index contributed by atoms with van der Waals surface area (Å²) >= 11 is 1.60. The van der Waals surface area contributed by atoms with Crippen LogP contribution in [0.4, 0.5) is 5.13 Å². The number of likely N-dealkylation sites (N-methyl/N-ethyl adjacent to an activating group) is 1. The molecule has 2 aromatic heterocycles. The van der Waals surface area contributed by atoms with Gasteiger partial charge in [0.25, 0.3) is 0 Å². The van der Waals surface area contributed by atoms with E-state index in [0.717, 1.165) is 24.1 Å². The Hall–Kier alpha value is -1.73. The maximum atomic E-state index is 12.5. The molecule has 1 amide bonds. The standard InChI is InChI=1S/C15H21N5OS/c1-9-4-5-11-12(6-9)22-15(18-11)19-14(21)13(16-2)10-7-17-20(3)8-10/h7-9,13,16H,4-6H2,1-3H3,(H,18,19,21). The van der Waals surface area contributed by atoms with Crippen molar-refractivity contribution >= 4 is 22.4 Å². The second kappa shape index (κ2) is 6.18. The molecule has 2 atom stereocenters. The maximum absolute atomic E-state index is 12.5. The number of fused-ring (bicyclic) bond motifs is 1. The highest BCUT2D eigenvalue weighted by atomic mass is 32.1. The summed E-state index contributed by atoms with van der Waals surface area (Å²) in [5, 5.41) is 10.8. The molecule has 0 radical (unpaired) electrons. The SMILES string of the molecule is CNC(C(=O)Nc1nc2c(s1)CC(C)CC2)c1cnn(C)c1. The van der Waals surface area contributed by atoms with E-state index < -0.39 is 6.04 Å². The molecule has 2 aromatic rings. The van der Waals surface area contributed by atoms with Crippen LogP contribution in [0.1, 0.15) is 35.5 Å². The number of carbonyl (C=O) groups excluding carboxylic acids is 1. The smallest absolute Gasteiger partial charge is 0.247 e. The fourth-order valence-corrected chi connectivity index (χ4v) is 3.98. The van der Waals surface area contributed by atoms with Crippen LogP contribution in [0.2, 0.25) is 0 Å². The lowest BCUT2D eigenvalue weighted by Crippen LogP contribution is -2.30. The molecule has 0 fully saturated rings. The van der Waals surface area contributed by atoms with Gasteiger partial charge >= 0.3 is 0 Å². The first-order valence-electron chi connectivity index (χ1n) is 7.52. The van der Waals surface area contributed by atoms with Gasteiger partial charge in [-0.3, -0.25) is 9.48 Å². The highest BCUT2D eigenvalue weighted by Crippen LogP contribution is 2.32. The molecule has 0 aromatic carbocycles. The molecule has 2 N–H and O–H groups in total. The van der Waals surface area contributed by atoms with Crippen LogP contribution < -0.4 is 10.6 Å². The Kier molecular flexibility index (Phi) is 4.26. The molecule has 0 bridgehead atoms. The zero-order valence-electron chi connectivity index (χ0n) is 13.1. The van der Waals surface area contributed by atoms with Crippen LogP contribution in [0.5, 0.6) is 0 Å². The van der Waals surface area contributed by atoms with Crippen LogP contribution in [-0.2, 0) is 24.7 Å². The van der Waals surface area contributed by atoms with Crippen molar-refractivity contribution in [1.29, 1.82) is 0 Å². The molecular weight excluding hydrogens is 298 g/mol. The lowest BCUT2D eigenvalue weighted by Gasteiger charge is -2.15. The van der Waals surface area contributed by atoms with E-state index in [-0.39, 0.29) is 5.91 Å². The normalized spacial score (nSPS) is 18.8. The van der Waals surface area contributed by atoms with E-state index in [1.807, 2.05) is 13.2 Å². The van der Waals surface area contributed by atoms with Gasteiger partial charge in [-0.1, -0.05) is 6.92 Å². The third-order valence-corrected chi connectivity index (χ3v) is 5.06. The van der Waals surface area contributed by atoms with E-state index >= 15 is 0 Å². The van der Waals surface area contributed by atoms with Gasteiger partial charge in [-0.25, -0.2) is 4.98 Å². The molecule has 22 heavy (non-hydrogen) atoms. The van der Waals surface area contributed by atoms with E-state index in [9.17, 15) is 4.79 Å². The molecule has 7 heteroatoms. The van der Waals surface area contributed by atoms with Crippen molar-refractivity contribution in [3.63, 3.8) is 0 Å². The molecule has 2 unspecified atom stereocenters. The first-order valence-corrected chi connectivity index (χ1v) is 8.33. The third kappa shape index (κ3) is 3.05. The number of hydrogen-bond acceptors (Lipinski definition) is 5. The topological polar surface area (TPSA) is 71.8 Å². The molecule has 0 spiro atoms. The van der Waals surface area contributed by atoms with Crippen LogP contribution in [0.15, 0.2) is 12.4 Å². The van der Waals surface area contributed by atoms with E-state index in [2.05, 4.69) is 27.6 Å². The predicted molar refractivity (Wildman–Crippen MR) is 86.9 cm³/mol. The van der Waals surface area contributed by atoms with E-state index in [1.165, 1.54) is 11.3 Å². The van der Waals surface area contributed by atoms with Crippen molar-refractivity contribution in [2.75, 3.05) is 12.4 Å². The van der Waals surface area contributed by atoms with Crippen molar-refractivity contribution in [1.82, 2.24) is 20.1 Å². The summed E-state index contributed by atoms with van der Waals surface area (Å²) in [6.45, 7) is 2.26. The van der Waals surface area contributed by atoms with Gasteiger partial charge in [0.2, 0.25) is 5.91 Å². The monoisotopic (exact) mass is 319 g/mol. The summed E-state index contributed by atoms with van der Waals surface area (Å²) in [6.07, 6.45) is 6.81. The summed E-state index contributed by atoms with van der Waals surface area (Å²) in [4.78, 5) is 18.4. The number of rotatable bonds is 4. The van der Waals surface area contributed by atoms with E-state index in [0.29, 0.717) is 11.0 Å². The molecular formula is C15H21N5OS. The van der Waals surface area contributed by atoms with Crippen LogP contribution in [0.3, 0.4) is 0 Å². The minimum absolute atomic E-state index is 0.102. The predicted octanol–water partition coefficient (Wildman–Crippen LogP) is 1.90. The molecule has 2 heterocycles. The first kappa shape index (κ1) is 15.2. The second-order valence-corrected chi connectivity index (χ2v) is 6.98. The number of carbonyl (C=O) groups is 1. The fraction of sp³-hybridized carbons (Fsp3) is 0.533. The number of thiazole rings is 1. The Morgan fingerprint density at radius 2 is 2.36 bits per heavy atom. The van der Waals surface area contributed by atoms with Crippen LogP contribution in [0, 0.1) is 5.92 Å². The summed E-state index contributed by atoms with van der Waals surface area (Å²) < 4.78 is 1.69. The quantitative estimate of drug-likeness (QED) is 0.903. The lowest BCUT2D eigenvalue weighted by molar-refractivity contribution is -0.118. The van der Waals surface area contributed by atoms with Crippen molar-refractivity contribution in [3.05, 3.63) is 28.5 Å². The van der Waals surface area contributed by atoms with Gasteiger partial charge < -0.3 is 10.6 Å². The van der Waals surface area contributed by atoms with E-state index in [1.54, 1.807) is 29.3 Å². The lowest BCUT2D eigenvalue weighted by atomic mass is 9.93.